The number of aromatic nitrogens is 1. The zero-order chi connectivity index (χ0) is 65.6. The van der Waals surface area contributed by atoms with Crippen molar-refractivity contribution in [2.75, 3.05) is 9.80 Å². The predicted octanol–water partition coefficient (Wildman–Crippen LogP) is 14.4. The molecular formula is C59H46BN3O2. The summed E-state index contributed by atoms with van der Waals surface area (Å²) < 4.78 is 253. The van der Waals surface area contributed by atoms with E-state index in [0.29, 0.717) is 0 Å². The van der Waals surface area contributed by atoms with Crippen molar-refractivity contribution < 1.29 is 43.1 Å². The van der Waals surface area contributed by atoms with Gasteiger partial charge in [0.05, 0.1) is 73.7 Å². The van der Waals surface area contributed by atoms with Crippen molar-refractivity contribution in [3.8, 4) is 16.8 Å². The van der Waals surface area contributed by atoms with Crippen molar-refractivity contribution in [2.24, 2.45) is 0 Å². The smallest absolute Gasteiger partial charge is 0.297 e. The molecule has 5 nitrogen and oxygen atoms in total. The van der Waals surface area contributed by atoms with E-state index >= 15 is 0 Å². The summed E-state index contributed by atoms with van der Waals surface area (Å²) >= 11 is 0. The van der Waals surface area contributed by atoms with E-state index in [4.69, 9.17) is 21.2 Å². The van der Waals surface area contributed by atoms with Gasteiger partial charge in [0.1, 0.15) is 16.7 Å². The van der Waals surface area contributed by atoms with Gasteiger partial charge in [0.15, 0.2) is 0 Å². The van der Waals surface area contributed by atoms with E-state index in [0.717, 1.165) is 4.90 Å². The summed E-state index contributed by atoms with van der Waals surface area (Å²) in [4.78, 5) is 2.47. The molecule has 6 heterocycles. The first-order chi connectivity index (χ1) is 41.9. The molecule has 6 heteroatoms. The molecule has 65 heavy (non-hydrogen) atoms. The molecular weight excluding hydrogens is 793 g/mol. The summed E-state index contributed by atoms with van der Waals surface area (Å²) in [6.45, 7) is 10.2. The fourth-order valence-corrected chi connectivity index (χ4v) is 9.49. The highest BCUT2D eigenvalue weighted by molar-refractivity contribution is 7.00. The Bertz CT molecular complexity index is 5350. The van der Waals surface area contributed by atoms with Gasteiger partial charge >= 0.3 is 0 Å². The highest BCUT2D eigenvalue weighted by Gasteiger charge is 2.49. The highest BCUT2D eigenvalue weighted by atomic mass is 16.3. The third kappa shape index (κ3) is 4.94. The molecule has 0 amide bonds. The van der Waals surface area contributed by atoms with Crippen LogP contribution in [0.15, 0.2) is 160 Å². The SMILES string of the molecule is [2H]c1c([2H])c([2H])c(-c2c([2H])c([2H])c3oc4c(c3c2[2H])N(c2c([2H])c([2H])c3oc5c([2H])c([2H])c([2H])c([2H])c5c3c2[2H])c2c([2H])c(C)c([2H])c3c2B4c2c([2H])c([2H])c([2H])c4c2N3c2c([2H])c(C(C)(C)C)c([2H])c3c5c([2H])c(C(C)(C)C)c([2H])c([2H])c5n-4c23)c([2H])c1[2H]. The maximum atomic E-state index is 10.5. The van der Waals surface area contributed by atoms with Gasteiger partial charge in [0, 0.05) is 44.0 Å². The molecule has 11 aromatic rings. The number of hydrogen-bond acceptors (Lipinski definition) is 4. The maximum Gasteiger partial charge on any atom is 0.297 e. The van der Waals surface area contributed by atoms with Crippen molar-refractivity contribution in [2.45, 2.75) is 59.3 Å². The minimum absolute atomic E-state index is 0.00491. The average Bonchev–Trinajstić information content (AvgIpc) is 1.28. The van der Waals surface area contributed by atoms with E-state index in [1.165, 1.54) is 16.4 Å². The Labute approximate surface area is 413 Å². The molecule has 3 aliphatic rings. The largest absolute Gasteiger partial charge is 0.468 e. The fourth-order valence-electron chi connectivity index (χ4n) is 9.49. The molecule has 0 bridgehead atoms. The Morgan fingerprint density at radius 3 is 2.03 bits per heavy atom. The summed E-state index contributed by atoms with van der Waals surface area (Å²) in [5.74, 6) is 0. The van der Waals surface area contributed by atoms with E-state index in [1.807, 2.05) is 0 Å². The van der Waals surface area contributed by atoms with Crippen LogP contribution in [0.2, 0.25) is 0 Å². The normalized spacial score (nSPS) is 19.4. The van der Waals surface area contributed by atoms with Crippen LogP contribution in [0, 0.1) is 6.92 Å². The lowest BCUT2D eigenvalue weighted by atomic mass is 9.35. The average molecular weight is 865 g/mol. The summed E-state index contributed by atoms with van der Waals surface area (Å²) in [5.41, 5.74) is -8.34. The maximum absolute atomic E-state index is 10.5. The molecule has 14 rings (SSSR count). The topological polar surface area (TPSA) is 37.7 Å². The lowest BCUT2D eigenvalue weighted by Crippen LogP contribution is -2.61. The molecule has 0 radical (unpaired) electrons. The number of benzene rings is 8. The Kier molecular flexibility index (Phi) is 3.85. The molecule has 0 N–H and O–H groups in total. The van der Waals surface area contributed by atoms with Crippen molar-refractivity contribution in [1.29, 1.82) is 0 Å². The minimum atomic E-state index is -1.77. The first-order valence-corrected chi connectivity index (χ1v) is 20.9. The van der Waals surface area contributed by atoms with Gasteiger partial charge < -0.3 is 23.2 Å². The number of fused-ring (bicyclic) bond motifs is 14. The van der Waals surface area contributed by atoms with Crippen LogP contribution in [0.25, 0.3) is 71.5 Å². The molecule has 0 atom stereocenters. The molecule has 312 valence electrons. The van der Waals surface area contributed by atoms with Crippen LogP contribution in [0.4, 0.5) is 34.1 Å². The molecule has 3 aliphatic heterocycles. The van der Waals surface area contributed by atoms with Crippen molar-refractivity contribution in [1.82, 2.24) is 4.57 Å². The zero-order valence-corrected chi connectivity index (χ0v) is 35.7. The van der Waals surface area contributed by atoms with Crippen LogP contribution in [-0.2, 0) is 10.8 Å². The number of rotatable bonds is 2. The van der Waals surface area contributed by atoms with Crippen molar-refractivity contribution in [3.63, 3.8) is 0 Å². The second-order valence-corrected chi connectivity index (χ2v) is 18.6. The lowest BCUT2D eigenvalue weighted by Gasteiger charge is -2.45. The predicted molar refractivity (Wildman–Crippen MR) is 273 cm³/mol. The summed E-state index contributed by atoms with van der Waals surface area (Å²) in [5, 5.41) is -1.32. The van der Waals surface area contributed by atoms with Crippen LogP contribution in [0.3, 0.4) is 0 Å². The molecule has 3 aromatic heterocycles. The minimum Gasteiger partial charge on any atom is -0.468 e. The van der Waals surface area contributed by atoms with E-state index in [2.05, 4.69) is 0 Å². The van der Waals surface area contributed by atoms with E-state index in [-0.39, 0.29) is 107 Å². The van der Waals surface area contributed by atoms with Crippen molar-refractivity contribution in [3.05, 3.63) is 168 Å². The summed E-state index contributed by atoms with van der Waals surface area (Å²) in [6, 6.07) is -16.9. The van der Waals surface area contributed by atoms with Gasteiger partial charge in [0.2, 0.25) is 0 Å². The zero-order valence-electron chi connectivity index (χ0n) is 60.7. The molecule has 0 unspecified atom stereocenters. The molecule has 0 saturated heterocycles. The van der Waals surface area contributed by atoms with Gasteiger partial charge in [-0.15, -0.1) is 0 Å². The van der Waals surface area contributed by atoms with E-state index in [1.54, 1.807) is 41.5 Å². The molecule has 0 fully saturated rings. The van der Waals surface area contributed by atoms with Crippen LogP contribution >= 0.6 is 0 Å². The highest BCUT2D eigenvalue weighted by Crippen LogP contribution is 2.54. The Hall–Kier alpha value is -7.44. The Balaban J connectivity index is 1.27. The number of para-hydroxylation sites is 2. The third-order valence-corrected chi connectivity index (χ3v) is 12.4. The number of furan rings is 2. The Morgan fingerprint density at radius 1 is 0.492 bits per heavy atom. The Morgan fingerprint density at radius 2 is 1.22 bits per heavy atom. The third-order valence-electron chi connectivity index (χ3n) is 12.4. The van der Waals surface area contributed by atoms with Gasteiger partial charge in [-0.2, -0.15) is 0 Å². The quantitative estimate of drug-likeness (QED) is 0.162. The number of nitrogens with zero attached hydrogens (tertiary/aromatic N) is 3. The van der Waals surface area contributed by atoms with Crippen LogP contribution in [0.1, 0.15) is 92.5 Å². The monoisotopic (exact) mass is 865 g/mol. The summed E-state index contributed by atoms with van der Waals surface area (Å²) in [7, 11) is 0. The van der Waals surface area contributed by atoms with Crippen LogP contribution < -0.4 is 26.4 Å². The first kappa shape index (κ1) is 20.2. The van der Waals surface area contributed by atoms with Crippen molar-refractivity contribution >= 4 is 112 Å². The second kappa shape index (κ2) is 12.4. The molecule has 0 spiro atoms. The van der Waals surface area contributed by atoms with Gasteiger partial charge in [-0.25, -0.2) is 0 Å². The fraction of sp³-hybridized carbons (Fsp3) is 0.153. The summed E-state index contributed by atoms with van der Waals surface area (Å²) in [6.07, 6.45) is 0. The van der Waals surface area contributed by atoms with Gasteiger partial charge in [-0.1, -0.05) is 114 Å². The molecule has 0 aliphatic carbocycles. The van der Waals surface area contributed by atoms with Gasteiger partial charge in [-0.3, -0.25) is 0 Å². The van der Waals surface area contributed by atoms with Gasteiger partial charge in [-0.05, 0) is 135 Å². The number of anilines is 6. The first-order valence-electron chi connectivity index (χ1n) is 33.4. The molecule has 8 aromatic carbocycles. The van der Waals surface area contributed by atoms with E-state index in [9.17, 15) is 21.9 Å². The lowest BCUT2D eigenvalue weighted by molar-refractivity contribution is 0.590. The van der Waals surface area contributed by atoms with Crippen LogP contribution in [0.5, 0.6) is 0 Å². The standard InChI is InChI=1S/C59H46BN3O2/c1-33-26-47-53-48(27-33)63-49-31-37(59(5,6)7)30-42-40-29-36(58(2,3)4)21-23-45(40)62(54(42)49)46-18-13-17-44(56(46)63)60(53)57-55(43-28-35(20-24-52(43)65-57)34-14-9-8-10-15-34)61(47)38-22-25-51-41(32-38)39-16-11-12-19-50(39)64-51/h8-32H,1-7H3/i8D,9D,10D,11D,12D,13D,14D,15D,16D,17D,18D,19D,20D,21D,22D,23D,24D,25D,26D,27D,28D,29D,30D,31D,32D. The second-order valence-electron chi connectivity index (χ2n) is 18.6. The van der Waals surface area contributed by atoms with E-state index < -0.39 is 200 Å². The van der Waals surface area contributed by atoms with Gasteiger partial charge in [0.25, 0.3) is 6.71 Å². The van der Waals surface area contributed by atoms with Crippen LogP contribution in [-0.4, -0.2) is 11.3 Å². The molecule has 0 saturated carbocycles. The number of hydrogen-bond donors (Lipinski definition) is 0.